The molecule has 46 heavy (non-hydrogen) atoms. The van der Waals surface area contributed by atoms with Crippen molar-refractivity contribution in [1.29, 1.82) is 0 Å². The fourth-order valence-electron chi connectivity index (χ4n) is 5.60. The number of aliphatic hydroxyl groups excluding tert-OH is 1. The van der Waals surface area contributed by atoms with Crippen molar-refractivity contribution in [1.82, 2.24) is 39.0 Å². The number of nitrogens with zero attached hydrogens (tertiary/aromatic N) is 7. The number of thiol groups is 1. The fourth-order valence-corrected chi connectivity index (χ4v) is 7.50. The van der Waals surface area contributed by atoms with E-state index in [-0.39, 0.29) is 29.5 Å². The van der Waals surface area contributed by atoms with Crippen molar-refractivity contribution < 1.29 is 46.7 Å². The molecule has 4 aromatic rings. The average Bonchev–Trinajstić information content (AvgIpc) is 3.80. The molecule has 0 aliphatic carbocycles. The van der Waals surface area contributed by atoms with E-state index < -0.39 is 81.4 Å². The van der Waals surface area contributed by atoms with Crippen LogP contribution in [-0.2, 0) is 44.2 Å². The Hall–Kier alpha value is -2.79. The fraction of sp³-hybridized carbons (Fsp3) is 0.524. The van der Waals surface area contributed by atoms with Crippen molar-refractivity contribution in [2.75, 3.05) is 31.3 Å². The summed E-state index contributed by atoms with van der Waals surface area (Å²) in [4.78, 5) is 46.1. The number of rotatable bonds is 10. The molecule has 2 unspecified atom stereocenters. The number of aliphatic hydroxyl groups is 1. The van der Waals surface area contributed by atoms with E-state index >= 15 is 4.39 Å². The first-order valence-corrected chi connectivity index (χ1v) is 18.2. The average molecular weight is 722 g/mol. The molecule has 7 rings (SSSR count). The number of H-pyrrole nitrogens is 1. The number of hydrogen-bond acceptors (Lipinski definition) is 17. The van der Waals surface area contributed by atoms with Crippen LogP contribution in [0.2, 0.25) is 0 Å². The zero-order chi connectivity index (χ0) is 32.5. The second kappa shape index (κ2) is 11.7. The van der Waals surface area contributed by atoms with Gasteiger partial charge >= 0.3 is 13.9 Å². The number of aromatic amines is 1. The third-order valence-electron chi connectivity index (χ3n) is 7.73. The molecule has 0 radical (unpaired) electrons. The molecule has 0 spiro atoms. The standard InChI is InChI=1S/C21H23FN10O10P2S2/c22-8-7(1-38-43(35)45)40-18(32-6-28-10-16(32)29-20(24)30-17(10)34)11(8)42-44(36,46)39-3-21-2-37-12(13(21)33)19(41-21)31-5-27-9-14(23)25-4-26-15(9)31/h4-8,11-13,18-19,33H,1-3H2,(H6-,23,24,25,26,29,30,34,35,36,45,46)/p+1/t7-,8-,11-,12-,13+,18-,19-,21-,44?/m1/s1. The Morgan fingerprint density at radius 3 is 2.72 bits per heavy atom. The number of halogens is 1. The number of aromatic nitrogens is 8. The summed E-state index contributed by atoms with van der Waals surface area (Å²) in [6, 6.07) is 0. The third-order valence-corrected chi connectivity index (χ3v) is 9.99. The normalized spacial score (nSPS) is 32.4. The second-order valence-corrected chi connectivity index (χ2v) is 15.0. The van der Waals surface area contributed by atoms with E-state index in [0.29, 0.717) is 11.2 Å². The molecular weight excluding hydrogens is 697 g/mol. The number of nitrogens with two attached hydrogens (primary N) is 2. The lowest BCUT2D eigenvalue weighted by Gasteiger charge is -2.32. The van der Waals surface area contributed by atoms with E-state index in [4.69, 9.17) is 51.1 Å². The highest BCUT2D eigenvalue weighted by molar-refractivity contribution is 8.39. The van der Waals surface area contributed by atoms with Crippen molar-refractivity contribution in [3.8, 4) is 0 Å². The second-order valence-electron chi connectivity index (χ2n) is 10.5. The van der Waals surface area contributed by atoms with Crippen LogP contribution in [0.5, 0.6) is 0 Å². The van der Waals surface area contributed by atoms with Gasteiger partial charge < -0.3 is 40.2 Å². The van der Waals surface area contributed by atoms with Gasteiger partial charge in [-0.05, 0) is 16.4 Å². The molecular formula is C21H24FN10O10P2S2+. The summed E-state index contributed by atoms with van der Waals surface area (Å²) in [6.07, 6.45) is -5.79. The highest BCUT2D eigenvalue weighted by Crippen LogP contribution is 2.53. The van der Waals surface area contributed by atoms with Crippen molar-refractivity contribution in [3.05, 3.63) is 29.3 Å². The summed E-state index contributed by atoms with van der Waals surface area (Å²) in [5, 5.41) is 11.1. The summed E-state index contributed by atoms with van der Waals surface area (Å²) in [6.45, 7) is -5.54. The van der Waals surface area contributed by atoms with Crippen molar-refractivity contribution in [3.63, 3.8) is 0 Å². The Balaban J connectivity index is 1.12. The molecule has 7 N–H and O–H groups in total. The van der Waals surface area contributed by atoms with Crippen LogP contribution < -0.4 is 17.0 Å². The summed E-state index contributed by atoms with van der Waals surface area (Å²) in [5.41, 5.74) is 9.83. The molecule has 3 saturated heterocycles. The Morgan fingerprint density at radius 2 is 1.96 bits per heavy atom. The van der Waals surface area contributed by atoms with Crippen LogP contribution in [0.3, 0.4) is 0 Å². The number of ether oxygens (including phenoxy) is 3. The first kappa shape index (κ1) is 31.8. The summed E-state index contributed by atoms with van der Waals surface area (Å²) < 4.78 is 63.9. The van der Waals surface area contributed by atoms with Crippen molar-refractivity contribution in [2.45, 2.75) is 48.6 Å². The molecule has 25 heteroatoms. The molecule has 2 bridgehead atoms. The van der Waals surface area contributed by atoms with Gasteiger partial charge in [-0.3, -0.25) is 23.4 Å². The first-order chi connectivity index (χ1) is 21.9. The molecule has 10 atom stereocenters. The van der Waals surface area contributed by atoms with Gasteiger partial charge in [-0.15, -0.1) is 4.52 Å². The van der Waals surface area contributed by atoms with E-state index in [1.165, 1.54) is 21.8 Å². The highest BCUT2D eigenvalue weighted by Gasteiger charge is 2.63. The smallest absolute Gasteiger partial charge is 0.387 e. The van der Waals surface area contributed by atoms with Crippen molar-refractivity contribution in [2.24, 2.45) is 0 Å². The van der Waals surface area contributed by atoms with Crippen LogP contribution in [0.1, 0.15) is 12.5 Å². The van der Waals surface area contributed by atoms with E-state index in [1.807, 2.05) is 0 Å². The van der Waals surface area contributed by atoms with Crippen LogP contribution in [0, 0.1) is 0 Å². The van der Waals surface area contributed by atoms with Crippen LogP contribution in [0.15, 0.2) is 23.8 Å². The topological polar surface area (TPSA) is 272 Å². The predicted molar refractivity (Wildman–Crippen MR) is 160 cm³/mol. The molecule has 246 valence electrons. The summed E-state index contributed by atoms with van der Waals surface area (Å²) >= 11 is 8.90. The lowest BCUT2D eigenvalue weighted by atomic mass is 10.0. The van der Waals surface area contributed by atoms with Gasteiger partial charge in [0, 0.05) is 0 Å². The van der Waals surface area contributed by atoms with Crippen LogP contribution >= 0.6 is 26.2 Å². The molecule has 3 aliphatic heterocycles. The summed E-state index contributed by atoms with van der Waals surface area (Å²) in [5.74, 6) is -0.105. The van der Waals surface area contributed by atoms with Crippen LogP contribution in [0.25, 0.3) is 22.3 Å². The minimum absolute atomic E-state index is 0.0818. The van der Waals surface area contributed by atoms with Crippen LogP contribution in [0.4, 0.5) is 16.2 Å². The van der Waals surface area contributed by atoms with Gasteiger partial charge in [-0.25, -0.2) is 24.3 Å². The maximum atomic E-state index is 15.8. The lowest BCUT2D eigenvalue weighted by molar-refractivity contribution is -0.183. The maximum absolute atomic E-state index is 15.8. The number of hydrogen-bond donors (Lipinski definition) is 6. The molecule has 3 aliphatic rings. The first-order valence-electron chi connectivity index (χ1n) is 13.2. The number of alkyl halides is 1. The van der Waals surface area contributed by atoms with Gasteiger partial charge in [0.25, 0.3) is 5.56 Å². The van der Waals surface area contributed by atoms with Gasteiger partial charge in [-0.1, -0.05) is 0 Å². The summed E-state index contributed by atoms with van der Waals surface area (Å²) in [7, 11) is -2.41. The minimum Gasteiger partial charge on any atom is -0.387 e. The molecule has 7 heterocycles. The zero-order valence-electron chi connectivity index (χ0n) is 23.0. The molecule has 3 fully saturated rings. The number of imidazole rings is 2. The van der Waals surface area contributed by atoms with Gasteiger partial charge in [0.05, 0.1) is 25.9 Å². The predicted octanol–water partition coefficient (Wildman–Crippen LogP) is -0.391. The highest BCUT2D eigenvalue weighted by atomic mass is 32.7. The monoisotopic (exact) mass is 721 g/mol. The molecule has 0 amide bonds. The van der Waals surface area contributed by atoms with Gasteiger partial charge in [0.2, 0.25) is 5.95 Å². The van der Waals surface area contributed by atoms with Gasteiger partial charge in [-0.2, -0.15) is 4.98 Å². The Labute approximate surface area is 266 Å². The maximum Gasteiger partial charge on any atom is 0.582 e. The SMILES string of the molecule is Nc1nc2c(ncn2[C@@H]2O[C@H](CO[P+](=O)S)[C@@H](F)[C@H]2OP(O)(=S)OC[C@@]23CO[C@@H]([C@H](n4cnc5c(N)ncnc54)O2)[C@@H]3O)c(=O)[nH]1. The van der Waals surface area contributed by atoms with Gasteiger partial charge in [0.15, 0.2) is 41.3 Å². The molecule has 4 aromatic heterocycles. The zero-order valence-corrected chi connectivity index (χ0v) is 26.5. The number of nitrogen functional groups attached to an aromatic ring is 2. The van der Waals surface area contributed by atoms with Crippen molar-refractivity contribution >= 4 is 72.1 Å². The molecule has 0 saturated carbocycles. The van der Waals surface area contributed by atoms with E-state index in [1.54, 1.807) is 0 Å². The largest absolute Gasteiger partial charge is 0.582 e. The van der Waals surface area contributed by atoms with E-state index in [2.05, 4.69) is 42.2 Å². The van der Waals surface area contributed by atoms with E-state index in [9.17, 15) is 19.4 Å². The molecule has 20 nitrogen and oxygen atoms in total. The third kappa shape index (κ3) is 5.39. The van der Waals surface area contributed by atoms with E-state index in [0.717, 1.165) is 6.33 Å². The van der Waals surface area contributed by atoms with Crippen LogP contribution in [-0.4, -0.2) is 105 Å². The number of fused-ring (bicyclic) bond motifs is 4. The Bertz CT molecular complexity index is 1950. The van der Waals surface area contributed by atoms with Gasteiger partial charge in [0.1, 0.15) is 60.7 Å². The lowest BCUT2D eigenvalue weighted by Crippen LogP contribution is -2.45. The quantitative estimate of drug-likeness (QED) is 0.0899. The Kier molecular flexibility index (Phi) is 8.10. The number of nitrogens with one attached hydrogen (secondary N) is 1. The Morgan fingerprint density at radius 1 is 1.22 bits per heavy atom. The number of anilines is 2. The minimum atomic E-state index is -4.35. The molecule has 0 aromatic carbocycles.